The average molecular weight is 249 g/mol. The highest BCUT2D eigenvalue weighted by Gasteiger charge is 2.18. The lowest BCUT2D eigenvalue weighted by atomic mass is 10.0. The third-order valence-electron chi connectivity index (χ3n) is 3.32. The first kappa shape index (κ1) is 12.7. The van der Waals surface area contributed by atoms with Gasteiger partial charge in [-0.25, -0.2) is 4.79 Å². The van der Waals surface area contributed by atoms with Crippen LogP contribution in [-0.2, 0) is 0 Å². The molecule has 3 N–H and O–H groups in total. The van der Waals surface area contributed by atoms with Crippen molar-refractivity contribution < 1.29 is 4.42 Å². The third kappa shape index (κ3) is 2.26. The van der Waals surface area contributed by atoms with Gasteiger partial charge in [0, 0.05) is 31.4 Å². The average Bonchev–Trinajstić information content (AvgIpc) is 2.68. The van der Waals surface area contributed by atoms with E-state index in [-0.39, 0.29) is 6.04 Å². The number of aromatic amines is 1. The maximum absolute atomic E-state index is 11.1. The van der Waals surface area contributed by atoms with Gasteiger partial charge in [-0.15, -0.1) is 0 Å². The van der Waals surface area contributed by atoms with Crippen molar-refractivity contribution >= 4 is 16.8 Å². The van der Waals surface area contributed by atoms with Gasteiger partial charge in [0.15, 0.2) is 5.58 Å². The fourth-order valence-electron chi connectivity index (χ4n) is 2.22. The van der Waals surface area contributed by atoms with E-state index in [0.29, 0.717) is 23.6 Å². The predicted octanol–water partition coefficient (Wildman–Crippen LogP) is 1.54. The molecule has 0 saturated heterocycles. The fraction of sp³-hybridized carbons (Fsp3) is 0.462. The molecule has 0 spiro atoms. The predicted molar refractivity (Wildman–Crippen MR) is 72.9 cm³/mol. The summed E-state index contributed by atoms with van der Waals surface area (Å²) in [5.74, 6) is 0.0259. The van der Waals surface area contributed by atoms with Gasteiger partial charge in [0.2, 0.25) is 0 Å². The molecule has 0 bridgehead atoms. The molecule has 98 valence electrons. The number of H-pyrrole nitrogens is 1. The summed E-state index contributed by atoms with van der Waals surface area (Å²) < 4.78 is 5.06. The van der Waals surface area contributed by atoms with E-state index in [1.165, 1.54) is 0 Å². The van der Waals surface area contributed by atoms with Crippen molar-refractivity contribution in [2.45, 2.75) is 19.9 Å². The zero-order valence-corrected chi connectivity index (χ0v) is 10.9. The number of oxazole rings is 1. The number of nitrogens with two attached hydrogens (primary N) is 1. The van der Waals surface area contributed by atoms with Crippen LogP contribution in [0.5, 0.6) is 0 Å². The Bertz CT molecular complexity index is 585. The quantitative estimate of drug-likeness (QED) is 0.862. The number of rotatable bonds is 4. The summed E-state index contributed by atoms with van der Waals surface area (Å²) in [6, 6.07) is 5.92. The fourth-order valence-corrected chi connectivity index (χ4v) is 2.22. The third-order valence-corrected chi connectivity index (χ3v) is 3.32. The van der Waals surface area contributed by atoms with Crippen LogP contribution < -0.4 is 16.4 Å². The van der Waals surface area contributed by atoms with E-state index in [4.69, 9.17) is 10.2 Å². The van der Waals surface area contributed by atoms with Gasteiger partial charge in [0.05, 0.1) is 5.52 Å². The maximum atomic E-state index is 11.1. The summed E-state index contributed by atoms with van der Waals surface area (Å²) in [6.45, 7) is 4.87. The standard InChI is InChI=1S/C13H19N3O2/c1-8(2)11(7-14)16(3)9-4-5-10-12(6-9)18-13(17)15-10/h4-6,8,11H,7,14H2,1-3H3,(H,15,17). The van der Waals surface area contributed by atoms with E-state index in [1.54, 1.807) is 0 Å². The number of aromatic nitrogens is 1. The molecule has 0 aliphatic heterocycles. The van der Waals surface area contributed by atoms with Crippen molar-refractivity contribution in [1.29, 1.82) is 0 Å². The Kier molecular flexibility index (Phi) is 3.43. The Morgan fingerprint density at radius 3 is 2.78 bits per heavy atom. The second kappa shape index (κ2) is 4.86. The van der Waals surface area contributed by atoms with Crippen molar-refractivity contribution in [1.82, 2.24) is 4.98 Å². The van der Waals surface area contributed by atoms with Gasteiger partial charge in [-0.3, -0.25) is 4.98 Å². The minimum absolute atomic E-state index is 0.258. The number of nitrogens with one attached hydrogen (secondary N) is 1. The minimum atomic E-state index is -0.427. The Morgan fingerprint density at radius 2 is 2.17 bits per heavy atom. The molecule has 0 aliphatic rings. The van der Waals surface area contributed by atoms with Crippen molar-refractivity contribution in [2.75, 3.05) is 18.5 Å². The van der Waals surface area contributed by atoms with E-state index in [0.717, 1.165) is 5.69 Å². The van der Waals surface area contributed by atoms with Crippen LogP contribution in [0.15, 0.2) is 27.4 Å². The van der Waals surface area contributed by atoms with Crippen LogP contribution in [-0.4, -0.2) is 24.6 Å². The number of hydrogen-bond acceptors (Lipinski definition) is 4. The van der Waals surface area contributed by atoms with E-state index in [1.807, 2.05) is 25.2 Å². The van der Waals surface area contributed by atoms with E-state index >= 15 is 0 Å². The number of hydrogen-bond donors (Lipinski definition) is 2. The van der Waals surface area contributed by atoms with Crippen LogP contribution in [0, 0.1) is 5.92 Å². The van der Waals surface area contributed by atoms with Crippen LogP contribution in [0.4, 0.5) is 5.69 Å². The lowest BCUT2D eigenvalue weighted by Crippen LogP contribution is -2.41. The van der Waals surface area contributed by atoms with Crippen LogP contribution in [0.2, 0.25) is 0 Å². The first-order valence-corrected chi connectivity index (χ1v) is 6.08. The molecule has 5 nitrogen and oxygen atoms in total. The zero-order valence-electron chi connectivity index (χ0n) is 10.9. The van der Waals surface area contributed by atoms with Gasteiger partial charge in [-0.05, 0) is 18.1 Å². The smallest absolute Gasteiger partial charge is 0.408 e. The van der Waals surface area contributed by atoms with Crippen LogP contribution in [0.25, 0.3) is 11.1 Å². The van der Waals surface area contributed by atoms with E-state index < -0.39 is 5.76 Å². The van der Waals surface area contributed by atoms with Gasteiger partial charge in [-0.1, -0.05) is 13.8 Å². The lowest BCUT2D eigenvalue weighted by molar-refractivity contribution is 0.479. The Morgan fingerprint density at radius 1 is 1.44 bits per heavy atom. The highest BCUT2D eigenvalue weighted by Crippen LogP contribution is 2.22. The largest absolute Gasteiger partial charge is 0.417 e. The van der Waals surface area contributed by atoms with Gasteiger partial charge in [0.1, 0.15) is 0 Å². The molecule has 2 rings (SSSR count). The Balaban J connectivity index is 2.37. The molecule has 1 atom stereocenters. The van der Waals surface area contributed by atoms with E-state index in [9.17, 15) is 4.79 Å². The Hall–Kier alpha value is -1.75. The number of benzene rings is 1. The molecule has 2 aromatic rings. The van der Waals surface area contributed by atoms with Gasteiger partial charge < -0.3 is 15.1 Å². The Labute approximate surface area is 106 Å². The molecule has 5 heteroatoms. The second-order valence-electron chi connectivity index (χ2n) is 4.85. The van der Waals surface area contributed by atoms with Gasteiger partial charge >= 0.3 is 5.76 Å². The first-order valence-electron chi connectivity index (χ1n) is 6.08. The summed E-state index contributed by atoms with van der Waals surface area (Å²) >= 11 is 0. The summed E-state index contributed by atoms with van der Waals surface area (Å²) in [5.41, 5.74) is 8.09. The van der Waals surface area contributed by atoms with Crippen molar-refractivity contribution in [3.8, 4) is 0 Å². The molecule has 0 saturated carbocycles. The molecule has 1 unspecified atom stereocenters. The van der Waals surface area contributed by atoms with Crippen molar-refractivity contribution in [3.05, 3.63) is 28.7 Å². The van der Waals surface area contributed by atoms with Gasteiger partial charge in [-0.2, -0.15) is 0 Å². The SMILES string of the molecule is CC(C)C(CN)N(C)c1ccc2[nH]c(=O)oc2c1. The topological polar surface area (TPSA) is 75.3 Å². The maximum Gasteiger partial charge on any atom is 0.417 e. The zero-order chi connectivity index (χ0) is 13.3. The molecule has 1 aromatic carbocycles. The highest BCUT2D eigenvalue weighted by atomic mass is 16.4. The number of nitrogens with zero attached hydrogens (tertiary/aromatic N) is 1. The molecular formula is C13H19N3O2. The molecular weight excluding hydrogens is 230 g/mol. The number of likely N-dealkylation sites (N-methyl/N-ethyl adjacent to an activating group) is 1. The molecule has 1 aromatic heterocycles. The summed E-state index contributed by atoms with van der Waals surface area (Å²) in [5, 5.41) is 0. The summed E-state index contributed by atoms with van der Waals surface area (Å²) in [6.07, 6.45) is 0. The number of fused-ring (bicyclic) bond motifs is 1. The minimum Gasteiger partial charge on any atom is -0.408 e. The molecule has 1 heterocycles. The number of anilines is 1. The van der Waals surface area contributed by atoms with Crippen LogP contribution >= 0.6 is 0 Å². The summed E-state index contributed by atoms with van der Waals surface area (Å²) in [4.78, 5) is 15.9. The van der Waals surface area contributed by atoms with Gasteiger partial charge in [0.25, 0.3) is 0 Å². The molecule has 0 aliphatic carbocycles. The second-order valence-corrected chi connectivity index (χ2v) is 4.85. The molecule has 0 amide bonds. The van der Waals surface area contributed by atoms with E-state index in [2.05, 4.69) is 23.7 Å². The molecule has 0 radical (unpaired) electrons. The van der Waals surface area contributed by atoms with Crippen LogP contribution in [0.3, 0.4) is 0 Å². The van der Waals surface area contributed by atoms with Crippen molar-refractivity contribution in [3.63, 3.8) is 0 Å². The highest BCUT2D eigenvalue weighted by molar-refractivity contribution is 5.77. The lowest BCUT2D eigenvalue weighted by Gasteiger charge is -2.32. The summed E-state index contributed by atoms with van der Waals surface area (Å²) in [7, 11) is 2.00. The molecule has 18 heavy (non-hydrogen) atoms. The van der Waals surface area contributed by atoms with Crippen LogP contribution in [0.1, 0.15) is 13.8 Å². The monoisotopic (exact) mass is 249 g/mol. The molecule has 0 fully saturated rings. The normalized spacial score (nSPS) is 13.2. The first-order chi connectivity index (χ1) is 8.52. The van der Waals surface area contributed by atoms with Crippen molar-refractivity contribution in [2.24, 2.45) is 11.7 Å².